The Hall–Kier alpha value is -0.710. The van der Waals surface area contributed by atoms with Crippen LogP contribution in [-0.4, -0.2) is 34.8 Å². The van der Waals surface area contributed by atoms with Crippen LogP contribution in [0.5, 0.6) is 0 Å². The molecule has 2 unspecified atom stereocenters. The normalized spacial score (nSPS) is 14.7. The van der Waals surface area contributed by atoms with Crippen molar-refractivity contribution in [2.45, 2.75) is 24.3 Å². The number of benzene rings is 1. The van der Waals surface area contributed by atoms with Crippen molar-refractivity contribution in [3.8, 4) is 0 Å². The molecule has 1 aromatic rings. The Morgan fingerprint density at radius 2 is 2.12 bits per heavy atom. The third-order valence-electron chi connectivity index (χ3n) is 2.58. The average Bonchev–Trinajstić information content (AvgIpc) is 2.28. The Kier molecular flexibility index (Phi) is 5.66. The second kappa shape index (κ2) is 6.78. The lowest BCUT2D eigenvalue weighted by molar-refractivity contribution is 0.272. The summed E-state index contributed by atoms with van der Waals surface area (Å²) in [5, 5.41) is 11.9. The maximum Gasteiger partial charge on any atom is 0.0547 e. The standard InChI is InChI=1S/C12H19NO2S/c1-10-5-3-4-6-12(10)16(15)9-11(13-2)7-8-14/h3-6,11,13-14H,7-9H2,1-2H3. The van der Waals surface area contributed by atoms with Crippen LogP contribution >= 0.6 is 0 Å². The van der Waals surface area contributed by atoms with Crippen LogP contribution in [-0.2, 0) is 10.8 Å². The molecule has 0 bridgehead atoms. The van der Waals surface area contributed by atoms with Crippen molar-refractivity contribution in [3.05, 3.63) is 29.8 Å². The van der Waals surface area contributed by atoms with Crippen molar-refractivity contribution >= 4 is 10.8 Å². The molecule has 0 aliphatic carbocycles. The summed E-state index contributed by atoms with van der Waals surface area (Å²) in [4.78, 5) is 0.890. The first-order valence-corrected chi connectivity index (χ1v) is 6.73. The van der Waals surface area contributed by atoms with Gasteiger partial charge >= 0.3 is 0 Å². The number of aryl methyl sites for hydroxylation is 1. The lowest BCUT2D eigenvalue weighted by Crippen LogP contribution is -2.32. The summed E-state index contributed by atoms with van der Waals surface area (Å²) < 4.78 is 12.1. The lowest BCUT2D eigenvalue weighted by Gasteiger charge is -2.15. The highest BCUT2D eigenvalue weighted by Gasteiger charge is 2.13. The Morgan fingerprint density at radius 1 is 1.44 bits per heavy atom. The molecule has 0 saturated carbocycles. The van der Waals surface area contributed by atoms with Crippen LogP contribution < -0.4 is 5.32 Å². The van der Waals surface area contributed by atoms with E-state index in [2.05, 4.69) is 5.32 Å². The SMILES string of the molecule is CNC(CCO)CS(=O)c1ccccc1C. The highest BCUT2D eigenvalue weighted by molar-refractivity contribution is 7.85. The molecule has 4 heteroatoms. The Labute approximate surface area is 99.3 Å². The molecule has 0 saturated heterocycles. The van der Waals surface area contributed by atoms with Gasteiger partial charge in [0.15, 0.2) is 0 Å². The van der Waals surface area contributed by atoms with Crippen LogP contribution in [0, 0.1) is 6.92 Å². The molecule has 2 atom stereocenters. The van der Waals surface area contributed by atoms with Gasteiger partial charge in [-0.05, 0) is 32.0 Å². The second-order valence-corrected chi connectivity index (χ2v) is 5.24. The molecule has 90 valence electrons. The van der Waals surface area contributed by atoms with Crippen molar-refractivity contribution in [2.24, 2.45) is 0 Å². The average molecular weight is 241 g/mol. The van der Waals surface area contributed by atoms with Gasteiger partial charge in [-0.3, -0.25) is 4.21 Å². The van der Waals surface area contributed by atoms with E-state index in [4.69, 9.17) is 5.11 Å². The van der Waals surface area contributed by atoms with E-state index in [9.17, 15) is 4.21 Å². The van der Waals surface area contributed by atoms with Gasteiger partial charge in [0.05, 0.1) is 10.8 Å². The van der Waals surface area contributed by atoms with Crippen LogP contribution in [0.3, 0.4) is 0 Å². The van der Waals surface area contributed by atoms with E-state index in [0.29, 0.717) is 12.2 Å². The van der Waals surface area contributed by atoms with Crippen LogP contribution in [0.2, 0.25) is 0 Å². The third kappa shape index (κ3) is 3.70. The van der Waals surface area contributed by atoms with Gasteiger partial charge < -0.3 is 10.4 Å². The van der Waals surface area contributed by atoms with Crippen LogP contribution in [0.1, 0.15) is 12.0 Å². The summed E-state index contributed by atoms with van der Waals surface area (Å²) in [5.41, 5.74) is 1.06. The number of aliphatic hydroxyl groups is 1. The fourth-order valence-corrected chi connectivity index (χ4v) is 3.09. The molecule has 1 rings (SSSR count). The molecule has 0 aliphatic heterocycles. The minimum absolute atomic E-state index is 0.102. The molecule has 0 heterocycles. The number of hydrogen-bond acceptors (Lipinski definition) is 3. The van der Waals surface area contributed by atoms with Crippen LogP contribution in [0.15, 0.2) is 29.2 Å². The number of aliphatic hydroxyl groups excluding tert-OH is 1. The van der Waals surface area contributed by atoms with Gasteiger partial charge in [0.2, 0.25) is 0 Å². The van der Waals surface area contributed by atoms with E-state index in [1.807, 2.05) is 38.2 Å². The number of rotatable bonds is 6. The maximum absolute atomic E-state index is 12.1. The monoisotopic (exact) mass is 241 g/mol. The first-order valence-electron chi connectivity index (χ1n) is 5.41. The second-order valence-electron chi connectivity index (χ2n) is 3.78. The molecule has 0 aromatic heterocycles. The zero-order valence-electron chi connectivity index (χ0n) is 9.77. The predicted octanol–water partition coefficient (Wildman–Crippen LogP) is 1.07. The van der Waals surface area contributed by atoms with Crippen LogP contribution in [0.25, 0.3) is 0 Å². The number of nitrogens with one attached hydrogen (secondary N) is 1. The summed E-state index contributed by atoms with van der Waals surface area (Å²) in [6.07, 6.45) is 0.633. The zero-order valence-corrected chi connectivity index (χ0v) is 10.6. The molecule has 2 N–H and O–H groups in total. The Morgan fingerprint density at radius 3 is 2.69 bits per heavy atom. The van der Waals surface area contributed by atoms with Crippen molar-refractivity contribution in [3.63, 3.8) is 0 Å². The van der Waals surface area contributed by atoms with Crippen molar-refractivity contribution in [1.29, 1.82) is 0 Å². The van der Waals surface area contributed by atoms with Gasteiger partial charge in [-0.1, -0.05) is 18.2 Å². The molecule has 3 nitrogen and oxygen atoms in total. The van der Waals surface area contributed by atoms with Gasteiger partial charge in [-0.15, -0.1) is 0 Å². The fraction of sp³-hybridized carbons (Fsp3) is 0.500. The zero-order chi connectivity index (χ0) is 12.0. The van der Waals surface area contributed by atoms with E-state index in [1.165, 1.54) is 0 Å². The molecule has 0 aliphatic rings. The van der Waals surface area contributed by atoms with E-state index < -0.39 is 10.8 Å². The highest BCUT2D eigenvalue weighted by Crippen LogP contribution is 2.13. The summed E-state index contributed by atoms with van der Waals surface area (Å²) in [5.74, 6) is 0.544. The first kappa shape index (κ1) is 13.4. The summed E-state index contributed by atoms with van der Waals surface area (Å²) in [6, 6.07) is 7.82. The fourth-order valence-electron chi connectivity index (χ4n) is 1.55. The van der Waals surface area contributed by atoms with Crippen LogP contribution in [0.4, 0.5) is 0 Å². The Bertz CT molecular complexity index is 355. The third-order valence-corrected chi connectivity index (χ3v) is 4.23. The van der Waals surface area contributed by atoms with E-state index in [0.717, 1.165) is 10.5 Å². The van der Waals surface area contributed by atoms with E-state index in [1.54, 1.807) is 0 Å². The molecule has 16 heavy (non-hydrogen) atoms. The summed E-state index contributed by atoms with van der Waals surface area (Å²) in [6.45, 7) is 2.09. The Balaban J connectivity index is 2.68. The first-order chi connectivity index (χ1) is 7.69. The molecule has 1 aromatic carbocycles. The maximum atomic E-state index is 12.1. The lowest BCUT2D eigenvalue weighted by atomic mass is 10.2. The van der Waals surface area contributed by atoms with Crippen molar-refractivity contribution in [2.75, 3.05) is 19.4 Å². The molecule has 0 amide bonds. The highest BCUT2D eigenvalue weighted by atomic mass is 32.2. The van der Waals surface area contributed by atoms with Gasteiger partial charge in [0.25, 0.3) is 0 Å². The van der Waals surface area contributed by atoms with Gasteiger partial charge in [0.1, 0.15) is 0 Å². The molecule has 0 fully saturated rings. The predicted molar refractivity (Wildman–Crippen MR) is 67.0 cm³/mol. The van der Waals surface area contributed by atoms with Gasteiger partial charge in [-0.25, -0.2) is 0 Å². The minimum atomic E-state index is -1.00. The summed E-state index contributed by atoms with van der Waals surface area (Å²) in [7, 11) is 0.829. The quantitative estimate of drug-likeness (QED) is 0.783. The molecular formula is C12H19NO2S. The van der Waals surface area contributed by atoms with Crippen molar-refractivity contribution in [1.82, 2.24) is 5.32 Å². The van der Waals surface area contributed by atoms with Gasteiger partial charge in [-0.2, -0.15) is 0 Å². The summed E-state index contributed by atoms with van der Waals surface area (Å²) >= 11 is 0. The largest absolute Gasteiger partial charge is 0.396 e. The minimum Gasteiger partial charge on any atom is -0.396 e. The van der Waals surface area contributed by atoms with E-state index in [-0.39, 0.29) is 12.6 Å². The smallest absolute Gasteiger partial charge is 0.0547 e. The van der Waals surface area contributed by atoms with Gasteiger partial charge in [0, 0.05) is 23.3 Å². The van der Waals surface area contributed by atoms with E-state index >= 15 is 0 Å². The topological polar surface area (TPSA) is 49.3 Å². The van der Waals surface area contributed by atoms with Crippen molar-refractivity contribution < 1.29 is 9.32 Å². The number of hydrogen-bond donors (Lipinski definition) is 2. The molecule has 0 spiro atoms. The molecule has 0 radical (unpaired) electrons. The molecular weight excluding hydrogens is 222 g/mol.